The van der Waals surface area contributed by atoms with Crippen LogP contribution in [-0.4, -0.2) is 163 Å². The molecule has 3 fully saturated rings. The normalized spacial score (nSPS) is 25.2. The molecule has 0 saturated carbocycles. The van der Waals surface area contributed by atoms with Gasteiger partial charge in [-0.3, -0.25) is 19.3 Å². The largest absolute Gasteiger partial charge is 0.507 e. The molecule has 0 radical (unpaired) electrons. The van der Waals surface area contributed by atoms with Gasteiger partial charge in [-0.05, 0) is 43.5 Å². The Morgan fingerprint density at radius 1 is 0.827 bits per heavy atom. The molecule has 4 aromatic rings. The van der Waals surface area contributed by atoms with Crippen LogP contribution in [0.5, 0.6) is 17.2 Å². The van der Waals surface area contributed by atoms with Gasteiger partial charge in [0.2, 0.25) is 11.6 Å². The van der Waals surface area contributed by atoms with E-state index in [2.05, 4.69) is 4.90 Å². The summed E-state index contributed by atoms with van der Waals surface area (Å²) in [4.78, 5) is 74.7. The Balaban J connectivity index is 0.901. The number of hydrogen-bond donors (Lipinski definition) is 3. The van der Waals surface area contributed by atoms with Gasteiger partial charge in [0.25, 0.3) is 0 Å². The molecule has 5 aliphatic rings. The van der Waals surface area contributed by atoms with Crippen LogP contribution in [0.15, 0.2) is 72.8 Å². The Bertz CT molecular complexity index is 2870. The van der Waals surface area contributed by atoms with Crippen molar-refractivity contribution in [2.24, 2.45) is 5.41 Å². The first kappa shape index (κ1) is 53.4. The van der Waals surface area contributed by atoms with Crippen molar-refractivity contribution in [2.45, 2.75) is 108 Å². The zero-order valence-electron chi connectivity index (χ0n) is 43.6. The van der Waals surface area contributed by atoms with Crippen LogP contribution < -0.4 is 4.74 Å². The number of aromatic hydroxyl groups is 2. The Morgan fingerprint density at radius 2 is 1.49 bits per heavy atom. The van der Waals surface area contributed by atoms with E-state index >= 15 is 0 Å². The highest BCUT2D eigenvalue weighted by atomic mass is 16.7. The van der Waals surface area contributed by atoms with Gasteiger partial charge in [0.1, 0.15) is 34.6 Å². The molecule has 8 atom stereocenters. The number of aliphatic hydroxyl groups is 1. The first-order valence-corrected chi connectivity index (χ1v) is 25.0. The van der Waals surface area contributed by atoms with Gasteiger partial charge in [0.05, 0.1) is 42.6 Å². The first-order chi connectivity index (χ1) is 35.6. The molecule has 19 nitrogen and oxygen atoms in total. The van der Waals surface area contributed by atoms with Crippen LogP contribution in [0.1, 0.15) is 102 Å². The summed E-state index contributed by atoms with van der Waals surface area (Å²) < 4.78 is 47.6. The summed E-state index contributed by atoms with van der Waals surface area (Å²) in [5.41, 5.74) is -2.74. The van der Waals surface area contributed by atoms with E-state index < -0.39 is 125 Å². The smallest absolute Gasteiger partial charge is 0.410 e. The lowest BCUT2D eigenvalue weighted by molar-refractivity contribution is -0.256. The number of morpholine rings is 1. The first-order valence-electron chi connectivity index (χ1n) is 25.0. The lowest BCUT2D eigenvalue weighted by Gasteiger charge is -2.43. The molecular weight excluding hydrogens is 971 g/mol. The van der Waals surface area contributed by atoms with E-state index in [-0.39, 0.29) is 53.6 Å². The van der Waals surface area contributed by atoms with Gasteiger partial charge in [0, 0.05) is 88.2 Å². The number of carbonyl (C=O) groups is 5. The van der Waals surface area contributed by atoms with Crippen molar-refractivity contribution in [1.82, 2.24) is 14.7 Å². The molecule has 0 bridgehead atoms. The van der Waals surface area contributed by atoms with Crippen molar-refractivity contribution in [3.8, 4) is 28.4 Å². The van der Waals surface area contributed by atoms with Gasteiger partial charge < -0.3 is 63.0 Å². The van der Waals surface area contributed by atoms with E-state index in [0.717, 1.165) is 16.7 Å². The molecule has 400 valence electrons. The van der Waals surface area contributed by atoms with Crippen molar-refractivity contribution in [3.05, 3.63) is 112 Å². The standard InChI is InChI=1S/C56H65N3O16/c1-30-49-36(59-22-23-70-51(69-9)50(59)74-49)24-40(72-30)73-38-26-56(67,25-35-42(38)48(64)44-43(46(35)62)45(61)34-16-13-17-37(68-8)41(34)47(44)63)39(60)27-71-52(65)57(6)28-54(2,3)29-58(7)53(66)75-55(4,5)33-20-18-32(19-21-33)31-14-11-10-12-15-31/h10-21,30,36,38,40,49-51,62,64,67H,22-29H2,1-9H3/t30-,36-,38-,40-,49+,50+,51-,56-/m0/s1. The van der Waals surface area contributed by atoms with E-state index in [1.54, 1.807) is 7.05 Å². The van der Waals surface area contributed by atoms with Crippen LogP contribution in [0.4, 0.5) is 9.59 Å². The monoisotopic (exact) mass is 1040 g/mol. The number of hydrogen-bond acceptors (Lipinski definition) is 17. The van der Waals surface area contributed by atoms with Crippen molar-refractivity contribution in [2.75, 3.05) is 61.2 Å². The van der Waals surface area contributed by atoms with Crippen LogP contribution in [0.25, 0.3) is 11.1 Å². The second kappa shape index (κ2) is 20.6. The number of amides is 2. The number of fused-ring (bicyclic) bond motifs is 6. The second-order valence-corrected chi connectivity index (χ2v) is 21.4. The predicted molar refractivity (Wildman–Crippen MR) is 268 cm³/mol. The highest BCUT2D eigenvalue weighted by molar-refractivity contribution is 6.31. The summed E-state index contributed by atoms with van der Waals surface area (Å²) in [5, 5.41) is 36.7. The van der Waals surface area contributed by atoms with Crippen molar-refractivity contribution in [1.29, 1.82) is 0 Å². The molecule has 9 rings (SSSR count). The molecule has 4 aromatic carbocycles. The number of rotatable bonds is 14. The van der Waals surface area contributed by atoms with Gasteiger partial charge in [-0.15, -0.1) is 0 Å². The highest BCUT2D eigenvalue weighted by Gasteiger charge is 2.55. The average Bonchev–Trinajstić information content (AvgIpc) is 3.78. The topological polar surface area (TPSA) is 230 Å². The number of ketones is 3. The quantitative estimate of drug-likeness (QED) is 0.101. The van der Waals surface area contributed by atoms with Crippen molar-refractivity contribution in [3.63, 3.8) is 0 Å². The number of phenolic OH excluding ortho intramolecular Hbond substituents is 2. The van der Waals surface area contributed by atoms with Gasteiger partial charge in [-0.25, -0.2) is 9.59 Å². The zero-order valence-corrected chi connectivity index (χ0v) is 43.6. The number of ether oxygens (including phenoxy) is 8. The average molecular weight is 1040 g/mol. The third kappa shape index (κ3) is 10.1. The van der Waals surface area contributed by atoms with E-state index in [4.69, 9.17) is 37.9 Å². The maximum Gasteiger partial charge on any atom is 0.410 e. The molecule has 2 amide bonds. The fourth-order valence-electron chi connectivity index (χ4n) is 11.4. The summed E-state index contributed by atoms with van der Waals surface area (Å²) in [6, 6.07) is 21.9. The van der Waals surface area contributed by atoms with E-state index in [1.165, 1.54) is 49.3 Å². The summed E-state index contributed by atoms with van der Waals surface area (Å²) in [6.45, 7) is 9.34. The Hall–Kier alpha value is -6.45. The lowest BCUT2D eigenvalue weighted by Crippen LogP contribution is -2.55. The minimum Gasteiger partial charge on any atom is -0.507 e. The lowest BCUT2D eigenvalue weighted by atomic mass is 9.72. The van der Waals surface area contributed by atoms with Gasteiger partial charge in [-0.1, -0.05) is 80.6 Å². The maximum atomic E-state index is 14.3. The highest BCUT2D eigenvalue weighted by Crippen LogP contribution is 2.53. The Morgan fingerprint density at radius 3 is 2.17 bits per heavy atom. The zero-order chi connectivity index (χ0) is 53.9. The minimum absolute atomic E-state index is 0.0690. The fraction of sp³-hybridized carbons (Fsp3) is 0.482. The molecular formula is C56H65N3O16. The Kier molecular flexibility index (Phi) is 14.7. The second-order valence-electron chi connectivity index (χ2n) is 21.4. The molecule has 0 spiro atoms. The molecule has 3 N–H and O–H groups in total. The van der Waals surface area contributed by atoms with Gasteiger partial charge in [-0.2, -0.15) is 0 Å². The molecule has 3 saturated heterocycles. The number of phenols is 2. The maximum absolute atomic E-state index is 14.3. The summed E-state index contributed by atoms with van der Waals surface area (Å²) in [5.74, 6) is -3.90. The number of Topliss-reactive ketones (excluding diaryl/α,β-unsaturated/α-hetero) is 1. The van der Waals surface area contributed by atoms with Crippen molar-refractivity contribution < 1.29 is 77.2 Å². The third-order valence-corrected chi connectivity index (χ3v) is 15.0. The van der Waals surface area contributed by atoms with E-state index in [0.29, 0.717) is 13.2 Å². The van der Waals surface area contributed by atoms with E-state index in [9.17, 15) is 39.3 Å². The van der Waals surface area contributed by atoms with Crippen LogP contribution in [-0.2, 0) is 50.0 Å². The summed E-state index contributed by atoms with van der Waals surface area (Å²) in [7, 11) is 5.93. The molecule has 2 aliphatic carbocycles. The van der Waals surface area contributed by atoms with Crippen molar-refractivity contribution >= 4 is 29.5 Å². The van der Waals surface area contributed by atoms with Crippen LogP contribution >= 0.6 is 0 Å². The third-order valence-electron chi connectivity index (χ3n) is 15.0. The summed E-state index contributed by atoms with van der Waals surface area (Å²) >= 11 is 0. The SMILES string of the molecule is COc1cccc2c1C(=O)c1c(O)c3c(c(O)c1C2=O)C[C@@](O)(C(=O)COC(=O)N(C)CC(C)(C)CN(C)C(=O)OC(C)(C)c1ccc(-c2ccccc2)cc1)C[C@@H]3O[C@H]1C[C@H]2[C@H](O[C@@H]3[C@@H](OC)OCCN32)[C@H](C)O1. The minimum atomic E-state index is -2.42. The number of nitrogens with zero attached hydrogens (tertiary/aromatic N) is 3. The van der Waals surface area contributed by atoms with Gasteiger partial charge >= 0.3 is 12.2 Å². The Labute approximate surface area is 435 Å². The molecule has 3 aliphatic heterocycles. The number of methoxy groups -OCH3 is 2. The molecule has 75 heavy (non-hydrogen) atoms. The number of carbonyl (C=O) groups excluding carboxylic acids is 5. The van der Waals surface area contributed by atoms with Crippen LogP contribution in [0.3, 0.4) is 0 Å². The number of benzene rings is 4. The molecule has 0 aromatic heterocycles. The molecule has 0 unspecified atom stereocenters. The predicted octanol–water partition coefficient (Wildman–Crippen LogP) is 6.48. The van der Waals surface area contributed by atoms with Crippen LogP contribution in [0.2, 0.25) is 0 Å². The summed E-state index contributed by atoms with van der Waals surface area (Å²) in [6.07, 6.45) is -7.07. The fourth-order valence-corrected chi connectivity index (χ4v) is 11.4. The van der Waals surface area contributed by atoms with E-state index in [1.807, 2.05) is 89.2 Å². The molecule has 19 heteroatoms. The molecule has 3 heterocycles. The van der Waals surface area contributed by atoms with Crippen LogP contribution in [0, 0.1) is 5.41 Å². The van der Waals surface area contributed by atoms with Gasteiger partial charge in [0.15, 0.2) is 31.2 Å².